The molecule has 0 unspecified atom stereocenters. The normalized spacial score (nSPS) is 15.1. The number of rotatable bonds is 2. The van der Waals surface area contributed by atoms with E-state index in [-0.39, 0.29) is 0 Å². The van der Waals surface area contributed by atoms with Gasteiger partial charge in [-0.1, -0.05) is 0 Å². The van der Waals surface area contributed by atoms with Crippen LogP contribution in [0, 0.1) is 0 Å². The van der Waals surface area contributed by atoms with Gasteiger partial charge in [0.1, 0.15) is 22.5 Å². The average Bonchev–Trinajstić information content (AvgIpc) is 3.16. The highest BCUT2D eigenvalue weighted by molar-refractivity contribution is 9.10. The van der Waals surface area contributed by atoms with Crippen LogP contribution in [-0.4, -0.2) is 46.1 Å². The highest BCUT2D eigenvalue weighted by atomic mass is 79.9. The SMILES string of the molecule is Brc1cnc2c(N3CCN(c4ncnc5sccc45)CC3)ccnc2c1. The Balaban J connectivity index is 1.42. The summed E-state index contributed by atoms with van der Waals surface area (Å²) in [7, 11) is 0. The number of piperazine rings is 1. The third kappa shape index (κ3) is 2.69. The number of hydrogen-bond acceptors (Lipinski definition) is 7. The molecule has 0 spiro atoms. The van der Waals surface area contributed by atoms with Crippen LogP contribution in [0.2, 0.25) is 0 Å². The van der Waals surface area contributed by atoms with Gasteiger partial charge in [-0.3, -0.25) is 9.97 Å². The summed E-state index contributed by atoms with van der Waals surface area (Å²) in [6.07, 6.45) is 5.36. The molecule has 0 bridgehead atoms. The van der Waals surface area contributed by atoms with Crippen LogP contribution < -0.4 is 9.80 Å². The molecule has 5 rings (SSSR count). The minimum absolute atomic E-state index is 0.912. The Kier molecular flexibility index (Phi) is 3.94. The molecule has 0 radical (unpaired) electrons. The van der Waals surface area contributed by atoms with E-state index >= 15 is 0 Å². The number of fused-ring (bicyclic) bond motifs is 2. The molecule has 1 fully saturated rings. The van der Waals surface area contributed by atoms with Crippen molar-refractivity contribution in [2.75, 3.05) is 36.0 Å². The van der Waals surface area contributed by atoms with Crippen molar-refractivity contribution >= 4 is 60.0 Å². The van der Waals surface area contributed by atoms with Gasteiger partial charge in [0.15, 0.2) is 0 Å². The third-order valence-electron chi connectivity index (χ3n) is 4.68. The van der Waals surface area contributed by atoms with Gasteiger partial charge in [-0.05, 0) is 39.5 Å². The summed E-state index contributed by atoms with van der Waals surface area (Å²) in [5.41, 5.74) is 3.01. The van der Waals surface area contributed by atoms with Gasteiger partial charge in [0.25, 0.3) is 0 Å². The Labute approximate surface area is 162 Å². The molecular formula is C18H15BrN6S. The summed E-state index contributed by atoms with van der Waals surface area (Å²) in [6, 6.07) is 6.18. The Bertz CT molecular complexity index is 1090. The quantitative estimate of drug-likeness (QED) is 0.486. The number of thiophene rings is 1. The van der Waals surface area contributed by atoms with E-state index in [2.05, 4.69) is 63.2 Å². The number of nitrogens with zero attached hydrogens (tertiary/aromatic N) is 6. The standard InChI is InChI=1S/C18H15BrN6S/c19-12-9-14-16(21-10-12)15(1-3-20-14)24-4-6-25(7-5-24)17-13-2-8-26-18(13)23-11-22-17/h1-3,8-11H,4-7H2. The largest absolute Gasteiger partial charge is 0.366 e. The lowest BCUT2D eigenvalue weighted by Crippen LogP contribution is -2.47. The number of pyridine rings is 2. The molecule has 6 nitrogen and oxygen atoms in total. The Hall–Kier alpha value is -2.32. The molecule has 4 aromatic rings. The summed E-state index contributed by atoms with van der Waals surface area (Å²) in [6.45, 7) is 3.68. The van der Waals surface area contributed by atoms with E-state index in [4.69, 9.17) is 0 Å². The lowest BCUT2D eigenvalue weighted by atomic mass is 10.2. The van der Waals surface area contributed by atoms with E-state index in [9.17, 15) is 0 Å². The molecule has 130 valence electrons. The summed E-state index contributed by atoms with van der Waals surface area (Å²) in [5.74, 6) is 1.04. The molecule has 4 aromatic heterocycles. The Morgan fingerprint density at radius 3 is 2.69 bits per heavy atom. The molecule has 26 heavy (non-hydrogen) atoms. The molecular weight excluding hydrogens is 412 g/mol. The number of aromatic nitrogens is 4. The van der Waals surface area contributed by atoms with Crippen LogP contribution in [0.3, 0.4) is 0 Å². The average molecular weight is 427 g/mol. The third-order valence-corrected chi connectivity index (χ3v) is 5.94. The van der Waals surface area contributed by atoms with Crippen LogP contribution in [0.1, 0.15) is 0 Å². The minimum Gasteiger partial charge on any atom is -0.366 e. The number of anilines is 2. The van der Waals surface area contributed by atoms with Crippen molar-refractivity contribution in [2.24, 2.45) is 0 Å². The van der Waals surface area contributed by atoms with Crippen LogP contribution in [0.15, 0.2) is 46.8 Å². The maximum atomic E-state index is 4.58. The van der Waals surface area contributed by atoms with Gasteiger partial charge in [0.2, 0.25) is 0 Å². The highest BCUT2D eigenvalue weighted by Crippen LogP contribution is 2.30. The van der Waals surface area contributed by atoms with Crippen molar-refractivity contribution < 1.29 is 0 Å². The molecule has 0 aliphatic carbocycles. The molecule has 8 heteroatoms. The van der Waals surface area contributed by atoms with Gasteiger partial charge in [0.05, 0.1) is 16.6 Å². The topological polar surface area (TPSA) is 58.0 Å². The lowest BCUT2D eigenvalue weighted by molar-refractivity contribution is 0.650. The van der Waals surface area contributed by atoms with Crippen molar-refractivity contribution in [3.63, 3.8) is 0 Å². The molecule has 1 aliphatic rings. The molecule has 5 heterocycles. The fraction of sp³-hybridized carbons (Fsp3) is 0.222. The molecule has 1 saturated heterocycles. The molecule has 0 atom stereocenters. The Morgan fingerprint density at radius 2 is 1.81 bits per heavy atom. The van der Waals surface area contributed by atoms with E-state index in [0.29, 0.717) is 0 Å². The zero-order valence-corrected chi connectivity index (χ0v) is 16.2. The van der Waals surface area contributed by atoms with Crippen LogP contribution in [-0.2, 0) is 0 Å². The fourth-order valence-corrected chi connectivity index (χ4v) is 4.48. The van der Waals surface area contributed by atoms with Gasteiger partial charge >= 0.3 is 0 Å². The van der Waals surface area contributed by atoms with Gasteiger partial charge in [-0.15, -0.1) is 11.3 Å². The predicted molar refractivity (Wildman–Crippen MR) is 109 cm³/mol. The molecule has 0 aromatic carbocycles. The first-order valence-electron chi connectivity index (χ1n) is 8.38. The minimum atomic E-state index is 0.912. The zero-order chi connectivity index (χ0) is 17.5. The lowest BCUT2D eigenvalue weighted by Gasteiger charge is -2.37. The van der Waals surface area contributed by atoms with Crippen LogP contribution in [0.25, 0.3) is 21.3 Å². The van der Waals surface area contributed by atoms with E-state index in [1.807, 2.05) is 18.5 Å². The van der Waals surface area contributed by atoms with Crippen molar-refractivity contribution in [1.29, 1.82) is 0 Å². The van der Waals surface area contributed by atoms with Gasteiger partial charge in [-0.25, -0.2) is 9.97 Å². The van der Waals surface area contributed by atoms with E-state index in [0.717, 1.165) is 63.4 Å². The highest BCUT2D eigenvalue weighted by Gasteiger charge is 2.22. The molecule has 0 saturated carbocycles. The van der Waals surface area contributed by atoms with Gasteiger partial charge in [0, 0.05) is 43.0 Å². The van der Waals surface area contributed by atoms with Gasteiger partial charge < -0.3 is 9.80 Å². The second-order valence-electron chi connectivity index (χ2n) is 6.16. The van der Waals surface area contributed by atoms with Crippen molar-refractivity contribution in [1.82, 2.24) is 19.9 Å². The first kappa shape index (κ1) is 15.9. The summed E-state index contributed by atoms with van der Waals surface area (Å²) in [4.78, 5) is 23.7. The second-order valence-corrected chi connectivity index (χ2v) is 7.97. The van der Waals surface area contributed by atoms with Crippen molar-refractivity contribution in [2.45, 2.75) is 0 Å². The van der Waals surface area contributed by atoms with E-state index in [1.165, 1.54) is 0 Å². The fourth-order valence-electron chi connectivity index (χ4n) is 3.43. The van der Waals surface area contributed by atoms with Crippen LogP contribution in [0.4, 0.5) is 11.5 Å². The molecule has 0 N–H and O–H groups in total. The summed E-state index contributed by atoms with van der Waals surface area (Å²) < 4.78 is 0.947. The first-order chi connectivity index (χ1) is 12.8. The van der Waals surface area contributed by atoms with E-state index in [1.54, 1.807) is 17.7 Å². The predicted octanol–water partition coefficient (Wildman–Crippen LogP) is 3.72. The van der Waals surface area contributed by atoms with Crippen molar-refractivity contribution in [3.8, 4) is 0 Å². The zero-order valence-electron chi connectivity index (χ0n) is 13.8. The maximum absolute atomic E-state index is 4.58. The second kappa shape index (κ2) is 6.44. The van der Waals surface area contributed by atoms with E-state index < -0.39 is 0 Å². The monoisotopic (exact) mass is 426 g/mol. The molecule has 1 aliphatic heterocycles. The summed E-state index contributed by atoms with van der Waals surface area (Å²) in [5, 5.41) is 3.22. The first-order valence-corrected chi connectivity index (χ1v) is 10.1. The summed E-state index contributed by atoms with van der Waals surface area (Å²) >= 11 is 5.13. The molecule has 0 amide bonds. The Morgan fingerprint density at radius 1 is 0.962 bits per heavy atom. The van der Waals surface area contributed by atoms with Crippen LogP contribution >= 0.6 is 27.3 Å². The van der Waals surface area contributed by atoms with Gasteiger partial charge in [-0.2, -0.15) is 0 Å². The smallest absolute Gasteiger partial charge is 0.140 e. The number of halogens is 1. The van der Waals surface area contributed by atoms with Crippen LogP contribution in [0.5, 0.6) is 0 Å². The van der Waals surface area contributed by atoms with Crippen molar-refractivity contribution in [3.05, 3.63) is 46.8 Å². The number of hydrogen-bond donors (Lipinski definition) is 0. The maximum Gasteiger partial charge on any atom is 0.140 e.